The van der Waals surface area contributed by atoms with E-state index in [0.29, 0.717) is 11.1 Å². The second kappa shape index (κ2) is 5.82. The predicted molar refractivity (Wildman–Crippen MR) is 86.1 cm³/mol. The monoisotopic (exact) mass is 301 g/mol. The van der Waals surface area contributed by atoms with Gasteiger partial charge in [-0.15, -0.1) is 0 Å². The van der Waals surface area contributed by atoms with Crippen molar-refractivity contribution in [3.8, 4) is 17.8 Å². The van der Waals surface area contributed by atoms with Crippen molar-refractivity contribution in [3.63, 3.8) is 0 Å². The molecule has 0 spiro atoms. The number of allylic oxidation sites excluding steroid dienone is 4. The summed E-state index contributed by atoms with van der Waals surface area (Å²) < 4.78 is 1.91. The summed E-state index contributed by atoms with van der Waals surface area (Å²) in [7, 11) is 0. The first-order chi connectivity index (χ1) is 11.2. The Kier molecular flexibility index (Phi) is 3.70. The Balaban J connectivity index is 2.06. The van der Waals surface area contributed by atoms with Crippen LogP contribution < -0.4 is 5.32 Å². The molecule has 112 valence electrons. The van der Waals surface area contributed by atoms with Crippen LogP contribution >= 0.6 is 0 Å². The smallest absolute Gasteiger partial charge is 0.0991 e. The van der Waals surface area contributed by atoms with Crippen molar-refractivity contribution in [2.75, 3.05) is 0 Å². The number of aromatic nitrogens is 2. The Morgan fingerprint density at radius 1 is 1.04 bits per heavy atom. The highest BCUT2D eigenvalue weighted by Crippen LogP contribution is 2.37. The van der Waals surface area contributed by atoms with Crippen molar-refractivity contribution in [2.24, 2.45) is 0 Å². The normalized spacial score (nSPS) is 15.1. The molecule has 0 bridgehead atoms. The molecule has 0 saturated carbocycles. The molecule has 0 aliphatic carbocycles. The van der Waals surface area contributed by atoms with Crippen molar-refractivity contribution in [1.82, 2.24) is 14.9 Å². The molecule has 5 heteroatoms. The van der Waals surface area contributed by atoms with Crippen LogP contribution in [-0.2, 0) is 0 Å². The fourth-order valence-electron chi connectivity index (χ4n) is 2.87. The zero-order chi connectivity index (χ0) is 16.4. The Labute approximate surface area is 134 Å². The number of benzene rings is 1. The molecule has 1 aliphatic rings. The van der Waals surface area contributed by atoms with E-state index in [9.17, 15) is 10.5 Å². The molecule has 1 aliphatic heterocycles. The van der Waals surface area contributed by atoms with Gasteiger partial charge in [0.05, 0.1) is 35.5 Å². The summed E-state index contributed by atoms with van der Waals surface area (Å²) in [6.07, 6.45) is 5.32. The number of rotatable bonds is 2. The fourth-order valence-corrected chi connectivity index (χ4v) is 2.87. The van der Waals surface area contributed by atoms with Crippen molar-refractivity contribution >= 4 is 0 Å². The predicted octanol–water partition coefficient (Wildman–Crippen LogP) is 3.15. The molecule has 0 unspecified atom stereocenters. The number of hydrogen-bond acceptors (Lipinski definition) is 4. The van der Waals surface area contributed by atoms with E-state index in [-0.39, 0.29) is 5.92 Å². The summed E-state index contributed by atoms with van der Waals surface area (Å²) in [6.45, 7) is 3.73. The Morgan fingerprint density at radius 3 is 2.13 bits per heavy atom. The van der Waals surface area contributed by atoms with Crippen molar-refractivity contribution in [2.45, 2.75) is 19.8 Å². The van der Waals surface area contributed by atoms with E-state index in [1.165, 1.54) is 0 Å². The van der Waals surface area contributed by atoms with Gasteiger partial charge < -0.3 is 9.88 Å². The largest absolute Gasteiger partial charge is 0.361 e. The standard InChI is InChI=1S/C18H15N5/c1-12-16(9-19)18(17(10-20)13(2)22-12)14-3-5-15(6-4-14)23-8-7-21-11-23/h3-8,11,18,22H,1-2H3. The second-order valence-electron chi connectivity index (χ2n) is 5.42. The minimum atomic E-state index is -0.317. The van der Waals surface area contributed by atoms with Crippen LogP contribution in [0.4, 0.5) is 0 Å². The maximum atomic E-state index is 9.51. The van der Waals surface area contributed by atoms with Gasteiger partial charge in [-0.25, -0.2) is 4.98 Å². The van der Waals surface area contributed by atoms with E-state index in [1.54, 1.807) is 12.5 Å². The van der Waals surface area contributed by atoms with E-state index < -0.39 is 0 Å². The molecular weight excluding hydrogens is 286 g/mol. The molecular formula is C18H15N5. The first-order valence-electron chi connectivity index (χ1n) is 7.22. The third kappa shape index (κ3) is 2.49. The summed E-state index contributed by atoms with van der Waals surface area (Å²) in [5.41, 5.74) is 4.69. The van der Waals surface area contributed by atoms with Gasteiger partial charge in [0.25, 0.3) is 0 Å². The van der Waals surface area contributed by atoms with Crippen LogP contribution in [0.2, 0.25) is 0 Å². The molecule has 3 rings (SSSR count). The van der Waals surface area contributed by atoms with Gasteiger partial charge in [0.2, 0.25) is 0 Å². The van der Waals surface area contributed by atoms with Gasteiger partial charge in [-0.05, 0) is 31.5 Å². The van der Waals surface area contributed by atoms with Gasteiger partial charge >= 0.3 is 0 Å². The quantitative estimate of drug-likeness (QED) is 0.924. The molecule has 23 heavy (non-hydrogen) atoms. The summed E-state index contributed by atoms with van der Waals surface area (Å²) in [5, 5.41) is 22.1. The van der Waals surface area contributed by atoms with Crippen LogP contribution in [0.25, 0.3) is 5.69 Å². The minimum Gasteiger partial charge on any atom is -0.361 e. The van der Waals surface area contributed by atoms with Crippen LogP contribution in [0.3, 0.4) is 0 Å². The van der Waals surface area contributed by atoms with Crippen LogP contribution in [0, 0.1) is 22.7 Å². The van der Waals surface area contributed by atoms with Crippen molar-refractivity contribution in [1.29, 1.82) is 10.5 Å². The highest BCUT2D eigenvalue weighted by molar-refractivity contribution is 5.55. The molecule has 0 atom stereocenters. The van der Waals surface area contributed by atoms with Gasteiger partial charge in [-0.3, -0.25) is 0 Å². The number of nitrogens with one attached hydrogen (secondary N) is 1. The Bertz CT molecular complexity index is 835. The van der Waals surface area contributed by atoms with E-state index in [0.717, 1.165) is 22.6 Å². The lowest BCUT2D eigenvalue weighted by molar-refractivity contribution is 0.813. The molecule has 1 N–H and O–H groups in total. The van der Waals surface area contributed by atoms with Crippen LogP contribution in [0.15, 0.2) is 65.5 Å². The van der Waals surface area contributed by atoms with Gasteiger partial charge in [-0.1, -0.05) is 12.1 Å². The lowest BCUT2D eigenvalue weighted by Crippen LogP contribution is -2.23. The highest BCUT2D eigenvalue weighted by Gasteiger charge is 2.29. The third-order valence-electron chi connectivity index (χ3n) is 4.03. The van der Waals surface area contributed by atoms with Crippen molar-refractivity contribution in [3.05, 3.63) is 71.1 Å². The third-order valence-corrected chi connectivity index (χ3v) is 4.03. The molecule has 0 saturated heterocycles. The SMILES string of the molecule is CC1=C(C#N)C(c2ccc(-n3ccnc3)cc2)C(C#N)=C(C)N1. The fraction of sp³-hybridized carbons (Fsp3) is 0.167. The molecule has 0 fully saturated rings. The zero-order valence-corrected chi connectivity index (χ0v) is 12.9. The average molecular weight is 301 g/mol. The summed E-state index contributed by atoms with van der Waals surface area (Å²) in [6, 6.07) is 12.3. The molecule has 0 amide bonds. The average Bonchev–Trinajstić information content (AvgIpc) is 3.09. The Morgan fingerprint density at radius 2 is 1.65 bits per heavy atom. The summed E-state index contributed by atoms with van der Waals surface area (Å²) in [5.74, 6) is -0.317. The van der Waals surface area contributed by atoms with Crippen molar-refractivity contribution < 1.29 is 0 Å². The number of dihydropyridines is 1. The Hall–Kier alpha value is -3.31. The van der Waals surface area contributed by atoms with Crippen LogP contribution in [0.1, 0.15) is 25.3 Å². The number of imidazole rings is 1. The van der Waals surface area contributed by atoms with Crippen LogP contribution in [0.5, 0.6) is 0 Å². The van der Waals surface area contributed by atoms with E-state index in [2.05, 4.69) is 22.4 Å². The van der Waals surface area contributed by atoms with Gasteiger partial charge in [-0.2, -0.15) is 10.5 Å². The first-order valence-corrected chi connectivity index (χ1v) is 7.22. The molecule has 2 heterocycles. The number of nitriles is 2. The topological polar surface area (TPSA) is 77.4 Å². The number of nitrogens with zero attached hydrogens (tertiary/aromatic N) is 4. The van der Waals surface area contributed by atoms with Gasteiger partial charge in [0, 0.05) is 29.5 Å². The lowest BCUT2D eigenvalue weighted by atomic mass is 9.81. The van der Waals surface area contributed by atoms with Gasteiger partial charge in [0.1, 0.15) is 0 Å². The maximum Gasteiger partial charge on any atom is 0.0991 e. The van der Waals surface area contributed by atoms with E-state index >= 15 is 0 Å². The second-order valence-corrected chi connectivity index (χ2v) is 5.42. The van der Waals surface area contributed by atoms with Crippen LogP contribution in [-0.4, -0.2) is 9.55 Å². The van der Waals surface area contributed by atoms with E-state index in [1.807, 2.05) is 48.9 Å². The maximum absolute atomic E-state index is 9.51. The zero-order valence-electron chi connectivity index (χ0n) is 12.9. The molecule has 1 aromatic carbocycles. The summed E-state index contributed by atoms with van der Waals surface area (Å²) >= 11 is 0. The minimum absolute atomic E-state index is 0.317. The lowest BCUT2D eigenvalue weighted by Gasteiger charge is -2.26. The highest BCUT2D eigenvalue weighted by atomic mass is 15.0. The summed E-state index contributed by atoms with van der Waals surface area (Å²) in [4.78, 5) is 4.04. The molecule has 0 radical (unpaired) electrons. The first kappa shape index (κ1) is 14.6. The molecule has 1 aromatic heterocycles. The molecule has 5 nitrogen and oxygen atoms in total. The molecule has 2 aromatic rings. The van der Waals surface area contributed by atoms with E-state index in [4.69, 9.17) is 0 Å². The number of hydrogen-bond donors (Lipinski definition) is 1. The van der Waals surface area contributed by atoms with Gasteiger partial charge in [0.15, 0.2) is 0 Å².